The van der Waals surface area contributed by atoms with Gasteiger partial charge in [0.15, 0.2) is 10.2 Å². The van der Waals surface area contributed by atoms with Crippen molar-refractivity contribution in [1.29, 1.82) is 0 Å². The molecule has 1 aliphatic carbocycles. The molecule has 1 rings (SSSR count). The van der Waals surface area contributed by atoms with Crippen LogP contribution in [0.15, 0.2) is 0 Å². The predicted molar refractivity (Wildman–Crippen MR) is 136 cm³/mol. The molecule has 0 atom stereocenters. The third kappa shape index (κ3) is 15.8. The summed E-state index contributed by atoms with van der Waals surface area (Å²) in [6.45, 7) is 4.46. The Kier molecular flexibility index (Phi) is 18.4. The molecule has 0 aliphatic heterocycles. The molecule has 176 valence electrons. The summed E-state index contributed by atoms with van der Waals surface area (Å²) < 4.78 is 0. The summed E-state index contributed by atoms with van der Waals surface area (Å²) in [5, 5.41) is 0.819. The van der Waals surface area contributed by atoms with E-state index in [1.165, 1.54) is 89.9 Å². The molecule has 0 bridgehead atoms. The van der Waals surface area contributed by atoms with Gasteiger partial charge in [-0.1, -0.05) is 114 Å². The Labute approximate surface area is 195 Å². The van der Waals surface area contributed by atoms with Crippen molar-refractivity contribution >= 4 is 33.8 Å². The normalized spacial score (nSPS) is 19.1. The van der Waals surface area contributed by atoms with Crippen molar-refractivity contribution in [1.82, 2.24) is 0 Å². The van der Waals surface area contributed by atoms with E-state index < -0.39 is 0 Å². The van der Waals surface area contributed by atoms with Crippen LogP contribution in [-0.4, -0.2) is 21.7 Å². The zero-order valence-electron chi connectivity index (χ0n) is 19.9. The molecular weight excluding hydrogens is 408 g/mol. The summed E-state index contributed by atoms with van der Waals surface area (Å²) >= 11 is 3.17. The lowest BCUT2D eigenvalue weighted by Gasteiger charge is -2.28. The number of carbonyl (C=O) groups is 2. The summed E-state index contributed by atoms with van der Waals surface area (Å²) in [6.07, 6.45) is 21.6. The van der Waals surface area contributed by atoms with Crippen LogP contribution in [0.25, 0.3) is 0 Å². The first-order valence-electron chi connectivity index (χ1n) is 13.0. The molecule has 4 heteroatoms. The molecule has 0 unspecified atom stereocenters. The lowest BCUT2D eigenvalue weighted by atomic mass is 9.80. The van der Waals surface area contributed by atoms with Gasteiger partial charge < -0.3 is 0 Å². The summed E-state index contributed by atoms with van der Waals surface area (Å²) in [7, 11) is 0. The van der Waals surface area contributed by atoms with Crippen LogP contribution < -0.4 is 0 Å². The molecule has 0 aromatic carbocycles. The summed E-state index contributed by atoms with van der Waals surface area (Å²) in [5.41, 5.74) is 0. The molecule has 0 amide bonds. The maximum absolute atomic E-state index is 12.0. The van der Waals surface area contributed by atoms with E-state index in [-0.39, 0.29) is 0 Å². The van der Waals surface area contributed by atoms with Gasteiger partial charge in [0.2, 0.25) is 0 Å². The molecule has 1 aliphatic rings. The van der Waals surface area contributed by atoms with Gasteiger partial charge >= 0.3 is 0 Å². The van der Waals surface area contributed by atoms with Crippen LogP contribution in [0, 0.1) is 11.8 Å². The van der Waals surface area contributed by atoms with Crippen molar-refractivity contribution in [2.45, 2.75) is 129 Å². The number of hydrogen-bond donors (Lipinski definition) is 0. The van der Waals surface area contributed by atoms with Crippen molar-refractivity contribution in [2.75, 3.05) is 11.5 Å². The lowest BCUT2D eigenvalue weighted by molar-refractivity contribution is -0.111. The van der Waals surface area contributed by atoms with Gasteiger partial charge in [-0.3, -0.25) is 9.59 Å². The molecule has 1 saturated carbocycles. The highest BCUT2D eigenvalue weighted by Gasteiger charge is 2.21. The third-order valence-electron chi connectivity index (χ3n) is 6.51. The molecule has 0 N–H and O–H groups in total. The van der Waals surface area contributed by atoms with E-state index in [9.17, 15) is 9.59 Å². The predicted octanol–water partition coefficient (Wildman–Crippen LogP) is 8.81. The molecule has 0 aromatic heterocycles. The summed E-state index contributed by atoms with van der Waals surface area (Å²) in [5.74, 6) is 3.68. The first-order valence-corrected chi connectivity index (χ1v) is 14.9. The average Bonchev–Trinajstić information content (AvgIpc) is 2.74. The third-order valence-corrected chi connectivity index (χ3v) is 8.45. The quantitative estimate of drug-likeness (QED) is 0.193. The molecule has 2 nitrogen and oxygen atoms in total. The molecule has 0 spiro atoms. The minimum absolute atomic E-state index is 0.409. The largest absolute Gasteiger partial charge is 0.287 e. The fraction of sp³-hybridized carbons (Fsp3) is 0.923. The summed E-state index contributed by atoms with van der Waals surface area (Å²) in [6, 6.07) is 0. The molecule has 1 fully saturated rings. The first kappa shape index (κ1) is 28.1. The Balaban J connectivity index is 1.95. The summed E-state index contributed by atoms with van der Waals surface area (Å²) in [4.78, 5) is 24.0. The Morgan fingerprint density at radius 1 is 0.600 bits per heavy atom. The molecular formula is C26H48O2S2. The lowest BCUT2D eigenvalue weighted by Crippen LogP contribution is -2.16. The van der Waals surface area contributed by atoms with Gasteiger partial charge in [0.1, 0.15) is 0 Å². The van der Waals surface area contributed by atoms with Crippen molar-refractivity contribution < 1.29 is 9.59 Å². The fourth-order valence-corrected chi connectivity index (χ4v) is 6.31. The van der Waals surface area contributed by atoms with E-state index in [1.54, 1.807) is 23.5 Å². The van der Waals surface area contributed by atoms with Crippen molar-refractivity contribution in [2.24, 2.45) is 11.8 Å². The highest BCUT2D eigenvalue weighted by molar-refractivity contribution is 8.13. The Bertz CT molecular complexity index is 391. The Morgan fingerprint density at radius 3 is 1.33 bits per heavy atom. The fourth-order valence-electron chi connectivity index (χ4n) is 4.38. The van der Waals surface area contributed by atoms with Crippen molar-refractivity contribution in [3.8, 4) is 0 Å². The van der Waals surface area contributed by atoms with Gasteiger partial charge in [-0.25, -0.2) is 0 Å². The van der Waals surface area contributed by atoms with Crippen LogP contribution in [0.4, 0.5) is 0 Å². The second-order valence-corrected chi connectivity index (χ2v) is 11.5. The van der Waals surface area contributed by atoms with Crippen molar-refractivity contribution in [3.63, 3.8) is 0 Å². The molecule has 30 heavy (non-hydrogen) atoms. The number of unbranched alkanes of at least 4 members (excludes halogenated alkanes) is 8. The van der Waals surface area contributed by atoms with Gasteiger partial charge in [0, 0.05) is 24.3 Å². The van der Waals surface area contributed by atoms with E-state index in [1.807, 2.05) is 0 Å². The van der Waals surface area contributed by atoms with Crippen LogP contribution in [-0.2, 0) is 9.59 Å². The number of carbonyl (C=O) groups excluding carboxylic acids is 2. The van der Waals surface area contributed by atoms with Gasteiger partial charge in [0.05, 0.1) is 0 Å². The molecule has 0 aromatic rings. The van der Waals surface area contributed by atoms with E-state index in [4.69, 9.17) is 0 Å². The SMILES string of the molecule is CCCCCCCC(=O)SCCC1CCC(CCSC(=O)CCCCCCC)CC1. The van der Waals surface area contributed by atoms with Gasteiger partial charge in [-0.2, -0.15) is 0 Å². The van der Waals surface area contributed by atoms with Crippen LogP contribution >= 0.6 is 23.5 Å². The van der Waals surface area contributed by atoms with E-state index in [2.05, 4.69) is 13.8 Å². The van der Waals surface area contributed by atoms with E-state index >= 15 is 0 Å². The van der Waals surface area contributed by atoms with Crippen molar-refractivity contribution in [3.05, 3.63) is 0 Å². The van der Waals surface area contributed by atoms with Crippen LogP contribution in [0.1, 0.15) is 129 Å². The van der Waals surface area contributed by atoms with E-state index in [0.717, 1.165) is 49.0 Å². The maximum Gasteiger partial charge on any atom is 0.188 e. The van der Waals surface area contributed by atoms with Crippen LogP contribution in [0.5, 0.6) is 0 Å². The zero-order chi connectivity index (χ0) is 21.9. The smallest absolute Gasteiger partial charge is 0.188 e. The highest BCUT2D eigenvalue weighted by Crippen LogP contribution is 2.34. The molecule has 0 saturated heterocycles. The first-order chi connectivity index (χ1) is 14.7. The Morgan fingerprint density at radius 2 is 0.967 bits per heavy atom. The van der Waals surface area contributed by atoms with Gasteiger partial charge in [0.25, 0.3) is 0 Å². The van der Waals surface area contributed by atoms with E-state index in [0.29, 0.717) is 10.2 Å². The number of thioether (sulfide) groups is 2. The highest BCUT2D eigenvalue weighted by atomic mass is 32.2. The minimum atomic E-state index is 0.409. The Hall–Kier alpha value is 0.0400. The standard InChI is InChI=1S/C26H48O2S2/c1-3-5-7-9-11-13-25(27)29-21-19-23-15-17-24(18-16-23)20-22-30-26(28)14-12-10-8-6-4-2/h23-24H,3-22H2,1-2H3. The monoisotopic (exact) mass is 456 g/mol. The topological polar surface area (TPSA) is 34.1 Å². The second kappa shape index (κ2) is 19.7. The zero-order valence-corrected chi connectivity index (χ0v) is 21.6. The maximum atomic E-state index is 12.0. The van der Waals surface area contributed by atoms with Gasteiger partial charge in [-0.15, -0.1) is 0 Å². The molecule has 0 radical (unpaired) electrons. The number of hydrogen-bond acceptors (Lipinski definition) is 4. The van der Waals surface area contributed by atoms with Gasteiger partial charge in [-0.05, 0) is 37.5 Å². The molecule has 0 heterocycles. The second-order valence-electron chi connectivity index (χ2n) is 9.23. The number of rotatable bonds is 18. The van der Waals surface area contributed by atoms with Crippen LogP contribution in [0.2, 0.25) is 0 Å². The average molecular weight is 457 g/mol. The van der Waals surface area contributed by atoms with Crippen LogP contribution in [0.3, 0.4) is 0 Å². The minimum Gasteiger partial charge on any atom is -0.287 e.